The van der Waals surface area contributed by atoms with E-state index in [1.165, 1.54) is 0 Å². The highest BCUT2D eigenvalue weighted by molar-refractivity contribution is 7.15. The Kier molecular flexibility index (Phi) is 3.83. The van der Waals surface area contributed by atoms with Gasteiger partial charge in [0.2, 0.25) is 0 Å². The molecule has 1 atom stereocenters. The fourth-order valence-electron chi connectivity index (χ4n) is 2.42. The molecule has 0 saturated carbocycles. The molecule has 3 heterocycles. The molecule has 0 radical (unpaired) electrons. The molecule has 0 aromatic carbocycles. The van der Waals surface area contributed by atoms with Crippen LogP contribution in [0.2, 0.25) is 4.34 Å². The lowest BCUT2D eigenvalue weighted by molar-refractivity contribution is 0.144. The van der Waals surface area contributed by atoms with Crippen LogP contribution in [0.15, 0.2) is 18.6 Å². The van der Waals surface area contributed by atoms with Crippen molar-refractivity contribution in [1.82, 2.24) is 24.8 Å². The van der Waals surface area contributed by atoms with Crippen LogP contribution in [0.4, 0.5) is 0 Å². The SMILES string of the molecule is Cn1ccnc1C1CNCCN1Cc1ncc(Cl)s1. The highest BCUT2D eigenvalue weighted by Gasteiger charge is 2.27. The molecule has 2 aromatic rings. The van der Waals surface area contributed by atoms with E-state index in [9.17, 15) is 0 Å². The second-order valence-corrected chi connectivity index (χ2v) is 6.39. The molecule has 1 aliphatic heterocycles. The number of nitrogens with zero attached hydrogens (tertiary/aromatic N) is 4. The fraction of sp³-hybridized carbons (Fsp3) is 0.500. The van der Waals surface area contributed by atoms with Gasteiger partial charge in [-0.2, -0.15) is 0 Å². The van der Waals surface area contributed by atoms with E-state index in [-0.39, 0.29) is 6.04 Å². The summed E-state index contributed by atoms with van der Waals surface area (Å²) in [6.07, 6.45) is 5.56. The lowest BCUT2D eigenvalue weighted by Crippen LogP contribution is -2.46. The number of halogens is 1. The number of hydrogen-bond donors (Lipinski definition) is 1. The van der Waals surface area contributed by atoms with Gasteiger partial charge in [-0.1, -0.05) is 11.6 Å². The first-order valence-corrected chi connectivity index (χ1v) is 7.45. The summed E-state index contributed by atoms with van der Waals surface area (Å²) in [5.74, 6) is 1.09. The van der Waals surface area contributed by atoms with Gasteiger partial charge in [-0.25, -0.2) is 9.97 Å². The molecule has 1 fully saturated rings. The van der Waals surface area contributed by atoms with Crippen molar-refractivity contribution in [2.24, 2.45) is 7.05 Å². The van der Waals surface area contributed by atoms with Crippen LogP contribution in [0.3, 0.4) is 0 Å². The molecule has 1 saturated heterocycles. The van der Waals surface area contributed by atoms with Gasteiger partial charge in [0.25, 0.3) is 0 Å². The molecule has 1 N–H and O–H groups in total. The molecular weight excluding hydrogens is 282 g/mol. The first-order valence-electron chi connectivity index (χ1n) is 6.26. The normalized spacial score (nSPS) is 20.8. The van der Waals surface area contributed by atoms with Crippen LogP contribution >= 0.6 is 22.9 Å². The Hall–Kier alpha value is -0.950. The minimum atomic E-state index is 0.288. The average Bonchev–Trinajstić information content (AvgIpc) is 2.99. The van der Waals surface area contributed by atoms with Gasteiger partial charge < -0.3 is 9.88 Å². The van der Waals surface area contributed by atoms with Gasteiger partial charge in [0.1, 0.15) is 15.2 Å². The monoisotopic (exact) mass is 297 g/mol. The van der Waals surface area contributed by atoms with Crippen molar-refractivity contribution in [3.63, 3.8) is 0 Å². The zero-order valence-corrected chi connectivity index (χ0v) is 12.3. The van der Waals surface area contributed by atoms with Gasteiger partial charge in [0.15, 0.2) is 0 Å². The number of imidazole rings is 1. The second kappa shape index (κ2) is 5.58. The van der Waals surface area contributed by atoms with Crippen molar-refractivity contribution >= 4 is 22.9 Å². The van der Waals surface area contributed by atoms with Crippen molar-refractivity contribution in [2.45, 2.75) is 12.6 Å². The summed E-state index contributed by atoms with van der Waals surface area (Å²) in [5, 5.41) is 4.49. The molecule has 0 amide bonds. The van der Waals surface area contributed by atoms with Crippen molar-refractivity contribution in [3.05, 3.63) is 33.8 Å². The van der Waals surface area contributed by atoms with E-state index in [4.69, 9.17) is 11.6 Å². The van der Waals surface area contributed by atoms with Gasteiger partial charge in [-0.05, 0) is 0 Å². The molecule has 102 valence electrons. The number of aromatic nitrogens is 3. The van der Waals surface area contributed by atoms with Crippen LogP contribution in [-0.2, 0) is 13.6 Å². The van der Waals surface area contributed by atoms with E-state index in [1.807, 2.05) is 19.4 Å². The molecule has 1 aliphatic rings. The Morgan fingerprint density at radius 2 is 2.42 bits per heavy atom. The molecule has 0 bridgehead atoms. The number of hydrogen-bond acceptors (Lipinski definition) is 5. The van der Waals surface area contributed by atoms with Crippen molar-refractivity contribution in [2.75, 3.05) is 19.6 Å². The highest BCUT2D eigenvalue weighted by atomic mass is 35.5. The van der Waals surface area contributed by atoms with Crippen LogP contribution in [0.25, 0.3) is 0 Å². The van der Waals surface area contributed by atoms with Gasteiger partial charge >= 0.3 is 0 Å². The molecule has 19 heavy (non-hydrogen) atoms. The van der Waals surface area contributed by atoms with E-state index in [0.29, 0.717) is 0 Å². The molecule has 5 nitrogen and oxygen atoms in total. The zero-order valence-electron chi connectivity index (χ0n) is 10.7. The zero-order chi connectivity index (χ0) is 13.2. The summed E-state index contributed by atoms with van der Waals surface area (Å²) < 4.78 is 2.83. The predicted molar refractivity (Wildman–Crippen MR) is 76.4 cm³/mol. The Labute approximate surface area is 121 Å². The predicted octanol–water partition coefficient (Wildman–Crippen LogP) is 1.68. The Morgan fingerprint density at radius 3 is 3.11 bits per heavy atom. The summed E-state index contributed by atoms with van der Waals surface area (Å²) in [6, 6.07) is 0.288. The maximum Gasteiger partial charge on any atom is 0.127 e. The highest BCUT2D eigenvalue weighted by Crippen LogP contribution is 2.25. The largest absolute Gasteiger partial charge is 0.337 e. The molecule has 7 heteroatoms. The number of aryl methyl sites for hydroxylation is 1. The topological polar surface area (TPSA) is 46.0 Å². The molecular formula is C12H16ClN5S. The lowest BCUT2D eigenvalue weighted by Gasteiger charge is -2.35. The Balaban J connectivity index is 1.79. The van der Waals surface area contributed by atoms with Gasteiger partial charge in [-0.3, -0.25) is 4.90 Å². The Morgan fingerprint density at radius 1 is 1.53 bits per heavy atom. The van der Waals surface area contributed by atoms with E-state index in [0.717, 1.165) is 41.3 Å². The second-order valence-electron chi connectivity index (χ2n) is 4.64. The Bertz CT molecular complexity index is 552. The van der Waals surface area contributed by atoms with E-state index >= 15 is 0 Å². The van der Waals surface area contributed by atoms with Crippen molar-refractivity contribution < 1.29 is 0 Å². The fourth-order valence-corrected chi connectivity index (χ4v) is 3.41. The molecule has 0 aliphatic carbocycles. The quantitative estimate of drug-likeness (QED) is 0.936. The van der Waals surface area contributed by atoms with Crippen molar-refractivity contribution in [1.29, 1.82) is 0 Å². The van der Waals surface area contributed by atoms with Crippen LogP contribution in [0.5, 0.6) is 0 Å². The minimum Gasteiger partial charge on any atom is -0.337 e. The van der Waals surface area contributed by atoms with Gasteiger partial charge in [-0.15, -0.1) is 11.3 Å². The van der Waals surface area contributed by atoms with Crippen LogP contribution in [0, 0.1) is 0 Å². The third-order valence-electron chi connectivity index (χ3n) is 3.37. The minimum absolute atomic E-state index is 0.288. The first kappa shape index (κ1) is 13.1. The standard InChI is InChI=1S/C12H16ClN5S/c1-17-4-3-15-12(17)9-6-14-2-5-18(9)8-11-16-7-10(13)19-11/h3-4,7,9,14H,2,5-6,8H2,1H3. The average molecular weight is 298 g/mol. The molecule has 0 spiro atoms. The number of thiazole rings is 1. The maximum atomic E-state index is 5.95. The maximum absolute atomic E-state index is 5.95. The summed E-state index contributed by atoms with van der Waals surface area (Å²) in [5.41, 5.74) is 0. The van der Waals surface area contributed by atoms with Gasteiger partial charge in [0, 0.05) is 39.1 Å². The summed E-state index contributed by atoms with van der Waals surface area (Å²) in [6.45, 7) is 3.75. The lowest BCUT2D eigenvalue weighted by atomic mass is 10.2. The number of rotatable bonds is 3. The smallest absolute Gasteiger partial charge is 0.127 e. The van der Waals surface area contributed by atoms with E-state index in [2.05, 4.69) is 24.8 Å². The molecule has 1 unspecified atom stereocenters. The van der Waals surface area contributed by atoms with E-state index < -0.39 is 0 Å². The van der Waals surface area contributed by atoms with Crippen LogP contribution in [0.1, 0.15) is 16.9 Å². The van der Waals surface area contributed by atoms with Crippen LogP contribution in [-0.4, -0.2) is 39.1 Å². The third-order valence-corrected chi connectivity index (χ3v) is 4.47. The summed E-state index contributed by atoms with van der Waals surface area (Å²) >= 11 is 7.50. The third kappa shape index (κ3) is 2.81. The molecule has 3 rings (SSSR count). The molecule has 2 aromatic heterocycles. The number of piperazine rings is 1. The first-order chi connectivity index (χ1) is 9.24. The summed E-state index contributed by atoms with van der Waals surface area (Å²) in [7, 11) is 2.04. The van der Waals surface area contributed by atoms with Gasteiger partial charge in [0.05, 0.1) is 18.8 Å². The van der Waals surface area contributed by atoms with Crippen LogP contribution < -0.4 is 5.32 Å². The number of nitrogens with one attached hydrogen (secondary N) is 1. The van der Waals surface area contributed by atoms with Crippen molar-refractivity contribution in [3.8, 4) is 0 Å². The van der Waals surface area contributed by atoms with E-state index in [1.54, 1.807) is 17.5 Å². The summed E-state index contributed by atoms with van der Waals surface area (Å²) in [4.78, 5) is 11.2.